The number of rotatable bonds is 1. The average Bonchev–Trinajstić information content (AvgIpc) is 2.55. The van der Waals surface area contributed by atoms with E-state index in [2.05, 4.69) is 14.7 Å². The minimum atomic E-state index is -0.521. The van der Waals surface area contributed by atoms with Gasteiger partial charge in [0.1, 0.15) is 5.54 Å². The summed E-state index contributed by atoms with van der Waals surface area (Å²) in [5.41, 5.74) is 5.39. The van der Waals surface area contributed by atoms with Crippen LogP contribution in [0, 0.1) is 0 Å². The molecular formula is C6H9N3O2. The maximum Gasteiger partial charge on any atom is 0.213 e. The van der Waals surface area contributed by atoms with E-state index in [4.69, 9.17) is 10.5 Å². The van der Waals surface area contributed by atoms with Gasteiger partial charge in [0.05, 0.1) is 6.61 Å². The van der Waals surface area contributed by atoms with Crippen molar-refractivity contribution >= 4 is 0 Å². The molecule has 11 heavy (non-hydrogen) atoms. The molecule has 2 N–H and O–H groups in total. The smallest absolute Gasteiger partial charge is 0.213 e. The third-order valence-corrected chi connectivity index (χ3v) is 1.86. The van der Waals surface area contributed by atoms with Crippen LogP contribution < -0.4 is 5.73 Å². The molecule has 5 heteroatoms. The number of hydrogen-bond donors (Lipinski definition) is 1. The molecule has 1 atom stereocenters. The molecule has 1 aromatic rings. The summed E-state index contributed by atoms with van der Waals surface area (Å²) in [5.74, 6) is 0.537. The number of aromatic nitrogens is 2. The zero-order valence-corrected chi connectivity index (χ0v) is 5.99. The molecule has 0 aliphatic carbocycles. The number of nitrogens with two attached hydrogens (primary N) is 1. The van der Waals surface area contributed by atoms with Crippen molar-refractivity contribution < 1.29 is 9.26 Å². The van der Waals surface area contributed by atoms with Crippen molar-refractivity contribution in [3.8, 4) is 0 Å². The molecule has 1 unspecified atom stereocenters. The molecule has 5 nitrogen and oxygen atoms in total. The van der Waals surface area contributed by atoms with Crippen LogP contribution in [0.15, 0.2) is 10.9 Å². The lowest BCUT2D eigenvalue weighted by Gasteiger charge is -2.15. The fraction of sp³-hybridized carbons (Fsp3) is 0.667. The Labute approximate surface area is 63.5 Å². The molecule has 2 heterocycles. The molecule has 0 radical (unpaired) electrons. The van der Waals surface area contributed by atoms with Gasteiger partial charge in [0.15, 0.2) is 5.82 Å². The van der Waals surface area contributed by atoms with Crippen LogP contribution in [0.5, 0.6) is 0 Å². The monoisotopic (exact) mass is 155 g/mol. The van der Waals surface area contributed by atoms with Gasteiger partial charge in [-0.15, -0.1) is 0 Å². The predicted molar refractivity (Wildman–Crippen MR) is 35.6 cm³/mol. The van der Waals surface area contributed by atoms with Gasteiger partial charge >= 0.3 is 0 Å². The molecule has 0 aromatic carbocycles. The van der Waals surface area contributed by atoms with Crippen LogP contribution in [-0.2, 0) is 10.3 Å². The summed E-state index contributed by atoms with van der Waals surface area (Å²) in [6.07, 6.45) is 2.04. The molecule has 0 amide bonds. The van der Waals surface area contributed by atoms with E-state index in [0.29, 0.717) is 19.0 Å². The second-order valence-corrected chi connectivity index (χ2v) is 2.71. The van der Waals surface area contributed by atoms with Crippen molar-refractivity contribution in [1.29, 1.82) is 0 Å². The number of ether oxygens (including phenoxy) is 1. The maximum absolute atomic E-state index is 5.91. The van der Waals surface area contributed by atoms with Gasteiger partial charge in [-0.05, 0) is 6.42 Å². The lowest BCUT2D eigenvalue weighted by Crippen LogP contribution is -2.38. The van der Waals surface area contributed by atoms with E-state index in [1.807, 2.05) is 0 Å². The van der Waals surface area contributed by atoms with E-state index in [1.54, 1.807) is 0 Å². The lowest BCUT2D eigenvalue weighted by molar-refractivity contribution is 0.175. The van der Waals surface area contributed by atoms with Crippen LogP contribution in [0.4, 0.5) is 0 Å². The highest BCUT2D eigenvalue weighted by Crippen LogP contribution is 2.23. The van der Waals surface area contributed by atoms with Crippen LogP contribution in [0.1, 0.15) is 12.2 Å². The van der Waals surface area contributed by atoms with E-state index >= 15 is 0 Å². The van der Waals surface area contributed by atoms with Gasteiger partial charge in [0, 0.05) is 6.61 Å². The van der Waals surface area contributed by atoms with Crippen molar-refractivity contribution in [2.24, 2.45) is 5.73 Å². The Morgan fingerprint density at radius 3 is 3.09 bits per heavy atom. The van der Waals surface area contributed by atoms with Crippen molar-refractivity contribution in [1.82, 2.24) is 10.1 Å². The normalized spacial score (nSPS) is 31.0. The molecular weight excluding hydrogens is 146 g/mol. The summed E-state index contributed by atoms with van der Waals surface area (Å²) in [6, 6.07) is 0. The highest BCUT2D eigenvalue weighted by atomic mass is 16.5. The first-order valence-corrected chi connectivity index (χ1v) is 3.45. The molecule has 0 spiro atoms. The molecule has 1 aliphatic heterocycles. The van der Waals surface area contributed by atoms with Gasteiger partial charge in [-0.25, -0.2) is 0 Å². The summed E-state index contributed by atoms with van der Waals surface area (Å²) in [4.78, 5) is 3.89. The van der Waals surface area contributed by atoms with Crippen LogP contribution in [0.2, 0.25) is 0 Å². The Bertz CT molecular complexity index is 228. The zero-order valence-electron chi connectivity index (χ0n) is 5.99. The molecule has 60 valence electrons. The third-order valence-electron chi connectivity index (χ3n) is 1.86. The summed E-state index contributed by atoms with van der Waals surface area (Å²) >= 11 is 0. The largest absolute Gasteiger partial charge is 0.379 e. The van der Waals surface area contributed by atoms with E-state index < -0.39 is 5.54 Å². The summed E-state index contributed by atoms with van der Waals surface area (Å²) in [5, 5.41) is 3.68. The SMILES string of the molecule is NC1(c2ncon2)CCOC1. The highest BCUT2D eigenvalue weighted by molar-refractivity contribution is 5.03. The molecule has 1 fully saturated rings. The lowest BCUT2D eigenvalue weighted by atomic mass is 10.00. The molecule has 1 aromatic heterocycles. The standard InChI is InChI=1S/C6H9N3O2/c7-6(1-2-10-3-6)5-8-4-11-9-5/h4H,1-3,7H2. The minimum absolute atomic E-state index is 0.479. The van der Waals surface area contributed by atoms with Crippen molar-refractivity contribution in [2.75, 3.05) is 13.2 Å². The Kier molecular flexibility index (Phi) is 1.40. The second-order valence-electron chi connectivity index (χ2n) is 2.71. The average molecular weight is 155 g/mol. The fourth-order valence-corrected chi connectivity index (χ4v) is 1.15. The highest BCUT2D eigenvalue weighted by Gasteiger charge is 2.36. The fourth-order valence-electron chi connectivity index (χ4n) is 1.15. The first-order chi connectivity index (χ1) is 5.31. The predicted octanol–water partition coefficient (Wildman–Crippen LogP) is -0.356. The van der Waals surface area contributed by atoms with E-state index in [9.17, 15) is 0 Å². The van der Waals surface area contributed by atoms with E-state index in [1.165, 1.54) is 6.39 Å². The first-order valence-electron chi connectivity index (χ1n) is 3.45. The van der Waals surface area contributed by atoms with Crippen molar-refractivity contribution in [2.45, 2.75) is 12.0 Å². The third kappa shape index (κ3) is 1.02. The first kappa shape index (κ1) is 6.75. The van der Waals surface area contributed by atoms with Crippen molar-refractivity contribution in [3.63, 3.8) is 0 Å². The van der Waals surface area contributed by atoms with Gasteiger partial charge in [0.2, 0.25) is 6.39 Å². The second kappa shape index (κ2) is 2.28. The Hall–Kier alpha value is -0.940. The molecule has 0 bridgehead atoms. The molecule has 1 aliphatic rings. The maximum atomic E-state index is 5.91. The summed E-state index contributed by atoms with van der Waals surface area (Å²) in [6.45, 7) is 1.15. The van der Waals surface area contributed by atoms with Crippen LogP contribution in [0.3, 0.4) is 0 Å². The quantitative estimate of drug-likeness (QED) is 0.599. The minimum Gasteiger partial charge on any atom is -0.379 e. The Morgan fingerprint density at radius 1 is 1.64 bits per heavy atom. The van der Waals surface area contributed by atoms with Gasteiger partial charge in [-0.2, -0.15) is 4.98 Å². The van der Waals surface area contributed by atoms with Crippen molar-refractivity contribution in [3.05, 3.63) is 12.2 Å². The van der Waals surface area contributed by atoms with Gasteiger partial charge < -0.3 is 15.0 Å². The molecule has 0 saturated carbocycles. The van der Waals surface area contributed by atoms with E-state index in [0.717, 1.165) is 6.42 Å². The van der Waals surface area contributed by atoms with Crippen LogP contribution >= 0.6 is 0 Å². The van der Waals surface area contributed by atoms with Crippen LogP contribution in [0.25, 0.3) is 0 Å². The van der Waals surface area contributed by atoms with Gasteiger partial charge in [-0.1, -0.05) is 5.16 Å². The van der Waals surface area contributed by atoms with E-state index in [-0.39, 0.29) is 0 Å². The molecule has 1 saturated heterocycles. The Morgan fingerprint density at radius 2 is 2.55 bits per heavy atom. The topological polar surface area (TPSA) is 74.2 Å². The number of hydrogen-bond acceptors (Lipinski definition) is 5. The summed E-state index contributed by atoms with van der Waals surface area (Å²) in [7, 11) is 0. The van der Waals surface area contributed by atoms with Gasteiger partial charge in [0.25, 0.3) is 0 Å². The summed E-state index contributed by atoms with van der Waals surface area (Å²) < 4.78 is 9.73. The van der Waals surface area contributed by atoms with Gasteiger partial charge in [-0.3, -0.25) is 0 Å². The zero-order chi connectivity index (χ0) is 7.73. The number of nitrogens with zero attached hydrogens (tertiary/aromatic N) is 2. The van der Waals surface area contributed by atoms with Crippen LogP contribution in [-0.4, -0.2) is 23.4 Å². The Balaban J connectivity index is 2.27. The molecule has 2 rings (SSSR count).